The summed E-state index contributed by atoms with van der Waals surface area (Å²) in [4.78, 5) is 12.9. The molecule has 174 valence electrons. The van der Waals surface area contributed by atoms with Crippen molar-refractivity contribution in [1.29, 1.82) is 0 Å². The predicted octanol–water partition coefficient (Wildman–Crippen LogP) is 4.56. The fraction of sp³-hybridized carbons (Fsp3) is 0.640. The highest BCUT2D eigenvalue weighted by Gasteiger charge is 2.35. The van der Waals surface area contributed by atoms with Gasteiger partial charge in [0.05, 0.1) is 0 Å². The van der Waals surface area contributed by atoms with Crippen LogP contribution < -0.4 is 5.32 Å². The van der Waals surface area contributed by atoms with E-state index in [0.29, 0.717) is 31.1 Å². The minimum Gasteiger partial charge on any atom is -0.443 e. The standard InChI is InChI=1S/C25H34N2O4S/c28-25(22-9-4-6-18-5-3-7-19(13-18)14-22)26-16-20-11-12-27(17-20)32(29,30)24-15-21-8-1-2-10-23(21)31-24/h1-2,8,10,15,18-20,22H,3-7,9,11-14,16-17H2,(H,26,28). The van der Waals surface area contributed by atoms with E-state index < -0.39 is 10.0 Å². The molecule has 2 aromatic rings. The van der Waals surface area contributed by atoms with E-state index in [1.807, 2.05) is 18.2 Å². The maximum Gasteiger partial charge on any atom is 0.276 e. The van der Waals surface area contributed by atoms with E-state index in [2.05, 4.69) is 5.32 Å². The molecule has 3 fully saturated rings. The van der Waals surface area contributed by atoms with Crippen LogP contribution in [-0.4, -0.2) is 38.3 Å². The monoisotopic (exact) mass is 458 g/mol. The van der Waals surface area contributed by atoms with Gasteiger partial charge in [-0.1, -0.05) is 50.3 Å². The highest BCUT2D eigenvalue weighted by atomic mass is 32.2. The first kappa shape index (κ1) is 22.0. The average Bonchev–Trinajstić information content (AvgIpc) is 3.44. The molecule has 2 aliphatic carbocycles. The van der Waals surface area contributed by atoms with Crippen LogP contribution >= 0.6 is 0 Å². The number of furan rings is 1. The second-order valence-corrected chi connectivity index (χ2v) is 12.0. The van der Waals surface area contributed by atoms with Gasteiger partial charge in [0.15, 0.2) is 0 Å². The molecule has 1 aromatic heterocycles. The summed E-state index contributed by atoms with van der Waals surface area (Å²) in [5.74, 6) is 2.03. The van der Waals surface area contributed by atoms with Crippen molar-refractivity contribution >= 4 is 26.9 Å². The van der Waals surface area contributed by atoms with Crippen molar-refractivity contribution in [1.82, 2.24) is 9.62 Å². The number of nitrogens with zero attached hydrogens (tertiary/aromatic N) is 1. The summed E-state index contributed by atoms with van der Waals surface area (Å²) >= 11 is 0. The molecule has 6 nitrogen and oxygen atoms in total. The van der Waals surface area contributed by atoms with Gasteiger partial charge in [0, 0.05) is 37.0 Å². The number of sulfonamides is 1. The van der Waals surface area contributed by atoms with Gasteiger partial charge in [-0.05, 0) is 49.5 Å². The van der Waals surface area contributed by atoms with E-state index in [-0.39, 0.29) is 22.8 Å². The Bertz CT molecular complexity index is 1030. The molecule has 1 aliphatic heterocycles. The molecule has 2 heterocycles. The molecular weight excluding hydrogens is 424 g/mol. The number of carbonyl (C=O) groups is 1. The van der Waals surface area contributed by atoms with Crippen LogP contribution in [0.5, 0.6) is 0 Å². The third kappa shape index (κ3) is 4.60. The molecule has 32 heavy (non-hydrogen) atoms. The van der Waals surface area contributed by atoms with Crippen molar-refractivity contribution < 1.29 is 17.6 Å². The molecule has 3 aliphatic rings. The van der Waals surface area contributed by atoms with Crippen molar-refractivity contribution in [2.75, 3.05) is 19.6 Å². The lowest BCUT2D eigenvalue weighted by Crippen LogP contribution is -2.37. The van der Waals surface area contributed by atoms with Crippen LogP contribution in [0.25, 0.3) is 11.0 Å². The number of fused-ring (bicyclic) bond motifs is 3. The first-order chi connectivity index (χ1) is 15.5. The molecule has 2 saturated carbocycles. The minimum absolute atomic E-state index is 0.00342. The van der Waals surface area contributed by atoms with Crippen LogP contribution in [0.2, 0.25) is 0 Å². The van der Waals surface area contributed by atoms with Crippen LogP contribution in [-0.2, 0) is 14.8 Å². The topological polar surface area (TPSA) is 79.6 Å². The van der Waals surface area contributed by atoms with Gasteiger partial charge in [0.1, 0.15) is 5.58 Å². The number of amides is 1. The quantitative estimate of drug-likeness (QED) is 0.713. The van der Waals surface area contributed by atoms with Crippen molar-refractivity contribution in [2.24, 2.45) is 23.7 Å². The Labute approximate surface area is 190 Å². The molecule has 5 rings (SSSR count). The molecule has 1 N–H and O–H groups in total. The van der Waals surface area contributed by atoms with Gasteiger partial charge < -0.3 is 9.73 Å². The second kappa shape index (κ2) is 9.18. The average molecular weight is 459 g/mol. The van der Waals surface area contributed by atoms with Gasteiger partial charge >= 0.3 is 0 Å². The maximum absolute atomic E-state index is 13.1. The molecule has 1 amide bonds. The summed E-state index contributed by atoms with van der Waals surface area (Å²) in [7, 11) is -3.66. The Hall–Kier alpha value is -1.86. The van der Waals surface area contributed by atoms with E-state index in [0.717, 1.165) is 37.0 Å². The Morgan fingerprint density at radius 1 is 1.03 bits per heavy atom. The van der Waals surface area contributed by atoms with Gasteiger partial charge in [-0.25, -0.2) is 8.42 Å². The fourth-order valence-corrected chi connectivity index (χ4v) is 7.55. The maximum atomic E-state index is 13.1. The molecule has 4 atom stereocenters. The van der Waals surface area contributed by atoms with Crippen molar-refractivity contribution in [3.8, 4) is 0 Å². The van der Waals surface area contributed by atoms with E-state index >= 15 is 0 Å². The van der Waals surface area contributed by atoms with Crippen LogP contribution in [0.4, 0.5) is 0 Å². The van der Waals surface area contributed by atoms with Gasteiger partial charge in [0.2, 0.25) is 11.0 Å². The lowest BCUT2D eigenvalue weighted by Gasteiger charge is -2.34. The smallest absolute Gasteiger partial charge is 0.276 e. The second-order valence-electron chi connectivity index (χ2n) is 10.1. The van der Waals surface area contributed by atoms with Crippen LogP contribution in [0, 0.1) is 23.7 Å². The summed E-state index contributed by atoms with van der Waals surface area (Å²) in [5, 5.41) is 3.96. The third-order valence-electron chi connectivity index (χ3n) is 7.86. The largest absolute Gasteiger partial charge is 0.443 e. The van der Waals surface area contributed by atoms with E-state index in [4.69, 9.17) is 4.42 Å². The summed E-state index contributed by atoms with van der Waals surface area (Å²) in [6.07, 6.45) is 10.5. The number of benzene rings is 1. The molecule has 1 saturated heterocycles. The van der Waals surface area contributed by atoms with Gasteiger partial charge in [-0.3, -0.25) is 4.79 Å². The minimum atomic E-state index is -3.66. The lowest BCUT2D eigenvalue weighted by molar-refractivity contribution is -0.126. The summed E-state index contributed by atoms with van der Waals surface area (Å²) < 4.78 is 33.2. The zero-order valence-corrected chi connectivity index (χ0v) is 19.5. The molecule has 0 spiro atoms. The number of rotatable bonds is 5. The van der Waals surface area contributed by atoms with E-state index in [9.17, 15) is 13.2 Å². The zero-order chi connectivity index (χ0) is 22.1. The Morgan fingerprint density at radius 3 is 2.66 bits per heavy atom. The normalized spacial score (nSPS) is 29.5. The third-order valence-corrected chi connectivity index (χ3v) is 9.58. The lowest BCUT2D eigenvalue weighted by atomic mass is 9.72. The first-order valence-electron chi connectivity index (χ1n) is 12.3. The predicted molar refractivity (Wildman–Crippen MR) is 123 cm³/mol. The molecule has 0 radical (unpaired) electrons. The molecular formula is C25H34N2O4S. The molecule has 4 unspecified atom stereocenters. The number of nitrogens with one attached hydrogen (secondary N) is 1. The van der Waals surface area contributed by atoms with Crippen molar-refractivity contribution in [3.05, 3.63) is 30.3 Å². The highest BCUT2D eigenvalue weighted by Crippen LogP contribution is 2.39. The van der Waals surface area contributed by atoms with Crippen LogP contribution in [0.15, 0.2) is 39.8 Å². The molecule has 7 heteroatoms. The summed E-state index contributed by atoms with van der Waals surface area (Å²) in [6.45, 7) is 1.44. The van der Waals surface area contributed by atoms with Gasteiger partial charge in [0.25, 0.3) is 10.0 Å². The number of para-hydroxylation sites is 1. The summed E-state index contributed by atoms with van der Waals surface area (Å²) in [6, 6.07) is 8.93. The van der Waals surface area contributed by atoms with Crippen LogP contribution in [0.1, 0.15) is 57.8 Å². The molecule has 1 aromatic carbocycles. The van der Waals surface area contributed by atoms with Crippen LogP contribution in [0.3, 0.4) is 0 Å². The zero-order valence-electron chi connectivity index (χ0n) is 18.7. The Morgan fingerprint density at radius 2 is 1.81 bits per heavy atom. The SMILES string of the molecule is O=C(NCC1CCN(S(=O)(=O)c2cc3ccccc3o2)C1)C1CCCC2CCCC(C2)C1. The van der Waals surface area contributed by atoms with E-state index in [1.165, 1.54) is 36.4 Å². The number of hydrogen-bond acceptors (Lipinski definition) is 4. The molecule has 2 bridgehead atoms. The summed E-state index contributed by atoms with van der Waals surface area (Å²) in [5.41, 5.74) is 0.581. The van der Waals surface area contributed by atoms with Crippen molar-refractivity contribution in [2.45, 2.75) is 62.9 Å². The number of carbonyl (C=O) groups excluding carboxylic acids is 1. The fourth-order valence-electron chi connectivity index (χ4n) is 6.07. The van der Waals surface area contributed by atoms with Gasteiger partial charge in [-0.2, -0.15) is 4.31 Å². The van der Waals surface area contributed by atoms with Gasteiger partial charge in [-0.15, -0.1) is 0 Å². The Kier molecular flexibility index (Phi) is 6.30. The van der Waals surface area contributed by atoms with Crippen molar-refractivity contribution in [3.63, 3.8) is 0 Å². The number of hydrogen-bond donors (Lipinski definition) is 1. The first-order valence-corrected chi connectivity index (χ1v) is 13.7. The highest BCUT2D eigenvalue weighted by molar-refractivity contribution is 7.89. The Balaban J connectivity index is 1.16. The van der Waals surface area contributed by atoms with E-state index in [1.54, 1.807) is 12.1 Å².